The second-order valence-electron chi connectivity index (χ2n) is 22.4. The van der Waals surface area contributed by atoms with Crippen LogP contribution in [0.25, 0.3) is 20.9 Å². The molecule has 0 radical (unpaired) electrons. The van der Waals surface area contributed by atoms with E-state index in [-0.39, 0.29) is 36.1 Å². The van der Waals surface area contributed by atoms with E-state index in [0.717, 1.165) is 124 Å². The van der Waals surface area contributed by atoms with Crippen molar-refractivity contribution in [1.82, 2.24) is 29.8 Å². The molecule has 10 rings (SSSR count). The monoisotopic (exact) mass is 1100 g/mol. The molecule has 416 valence electrons. The number of thiophene rings is 2. The number of carbonyl (C=O) groups is 5. The highest BCUT2D eigenvalue weighted by Gasteiger charge is 2.32. The van der Waals surface area contributed by atoms with Gasteiger partial charge in [0, 0.05) is 124 Å². The van der Waals surface area contributed by atoms with Gasteiger partial charge in [0.1, 0.15) is 5.60 Å². The Bertz CT molecular complexity index is 3000. The van der Waals surface area contributed by atoms with Gasteiger partial charge in [-0.2, -0.15) is 0 Å². The van der Waals surface area contributed by atoms with Gasteiger partial charge in [0.25, 0.3) is 0 Å². The summed E-state index contributed by atoms with van der Waals surface area (Å²) in [5.41, 5.74) is 20.9. The summed E-state index contributed by atoms with van der Waals surface area (Å²) in [5.74, 6) is 1.20. The predicted octanol–water partition coefficient (Wildman–Crippen LogP) is 11.1. The van der Waals surface area contributed by atoms with Crippen LogP contribution in [-0.4, -0.2) is 138 Å². The van der Waals surface area contributed by atoms with Crippen LogP contribution in [0.15, 0.2) is 120 Å². The maximum Gasteiger partial charge on any atom is 0.410 e. The van der Waals surface area contributed by atoms with Crippen molar-refractivity contribution in [3.8, 4) is 20.9 Å². The molecule has 0 aliphatic carbocycles. The van der Waals surface area contributed by atoms with E-state index in [1.165, 1.54) is 16.0 Å². The minimum absolute atomic E-state index is 0.0559. The van der Waals surface area contributed by atoms with Crippen molar-refractivity contribution in [2.45, 2.75) is 77.7 Å². The summed E-state index contributed by atoms with van der Waals surface area (Å²) in [6.45, 7) is 14.1. The van der Waals surface area contributed by atoms with Gasteiger partial charge in [0.2, 0.25) is 0 Å². The lowest BCUT2D eigenvalue weighted by atomic mass is 9.89. The molecule has 0 atom stereocenters. The first kappa shape index (κ1) is 56.7. The molecule has 4 aromatic carbocycles. The van der Waals surface area contributed by atoms with Crippen molar-refractivity contribution < 1.29 is 28.7 Å². The summed E-state index contributed by atoms with van der Waals surface area (Å²) in [5, 5.41) is 7.39. The third kappa shape index (κ3) is 15.4. The molecule has 4 aliphatic rings. The molecule has 0 spiro atoms. The van der Waals surface area contributed by atoms with E-state index in [4.69, 9.17) is 16.2 Å². The molecule has 0 saturated carbocycles. The number of ketones is 2. The van der Waals surface area contributed by atoms with Crippen molar-refractivity contribution in [1.29, 1.82) is 0 Å². The Morgan fingerprint density at radius 3 is 1.30 bits per heavy atom. The number of hydrogen-bond acceptors (Lipinski definition) is 11. The number of anilines is 2. The number of hydrogen-bond donors (Lipinski definition) is 3. The zero-order valence-electron chi connectivity index (χ0n) is 46.0. The van der Waals surface area contributed by atoms with E-state index >= 15 is 0 Å². The SMILES string of the molecule is CC(C)(C)OC(=O)N1CCN(C(=O)N2CCC(Cc3ccc(C(=O)Cc4cc(-c5cccs5)ccc4N)cc3)CC2)CC1.Nc1ccc(-c2cccs2)cc1CC(=O)c1ccc(CC2CCN(C(=O)N3CCNCC3)CC2)cc1. The number of benzene rings is 4. The van der Waals surface area contributed by atoms with Gasteiger partial charge in [-0.1, -0.05) is 72.8 Å². The van der Waals surface area contributed by atoms with Crippen molar-refractivity contribution in [3.63, 3.8) is 0 Å². The number of nitrogens with one attached hydrogen (secondary N) is 1. The van der Waals surface area contributed by atoms with Crippen LogP contribution in [0.1, 0.15) is 89.4 Å². The van der Waals surface area contributed by atoms with Gasteiger partial charge in [0.15, 0.2) is 11.6 Å². The highest BCUT2D eigenvalue weighted by Crippen LogP contribution is 2.31. The number of Topliss-reactive ketones (excluding diaryl/α,β-unsaturated/α-hetero) is 2. The quantitative estimate of drug-likeness (QED) is 0.0796. The van der Waals surface area contributed by atoms with Crippen LogP contribution in [0.2, 0.25) is 0 Å². The zero-order valence-corrected chi connectivity index (χ0v) is 47.6. The Morgan fingerprint density at radius 1 is 0.519 bits per heavy atom. The zero-order chi connectivity index (χ0) is 55.5. The number of urea groups is 2. The van der Waals surface area contributed by atoms with Gasteiger partial charge in [-0.05, 0) is 152 Å². The first-order valence-electron chi connectivity index (χ1n) is 28.0. The molecule has 79 heavy (non-hydrogen) atoms. The maximum atomic E-state index is 13.1. The van der Waals surface area contributed by atoms with Crippen LogP contribution in [0.4, 0.5) is 25.8 Å². The fraction of sp³-hybridized carbons (Fsp3) is 0.413. The number of piperidine rings is 2. The molecule has 6 aromatic rings. The van der Waals surface area contributed by atoms with Crippen molar-refractivity contribution >= 4 is 63.8 Å². The molecule has 4 aliphatic heterocycles. The molecular weight excluding hydrogens is 1030 g/mol. The predicted molar refractivity (Wildman–Crippen MR) is 318 cm³/mol. The van der Waals surface area contributed by atoms with E-state index < -0.39 is 5.60 Å². The highest BCUT2D eigenvalue weighted by atomic mass is 32.1. The third-order valence-electron chi connectivity index (χ3n) is 15.6. The molecule has 5 N–H and O–H groups in total. The highest BCUT2D eigenvalue weighted by molar-refractivity contribution is 7.13. The average Bonchev–Trinajstić information content (AvgIpc) is 4.23. The summed E-state index contributed by atoms with van der Waals surface area (Å²) in [6.07, 6.45) is 6.12. The number of carbonyl (C=O) groups excluding carboxylic acids is 5. The molecule has 5 amide bonds. The topological polar surface area (TPSA) is 175 Å². The molecule has 4 fully saturated rings. The number of nitrogens with two attached hydrogens (primary N) is 2. The smallest absolute Gasteiger partial charge is 0.410 e. The summed E-state index contributed by atoms with van der Waals surface area (Å²) in [6, 6.07) is 36.3. The molecular formula is C63H76N8O6S2. The third-order valence-corrected chi connectivity index (χ3v) is 17.4. The van der Waals surface area contributed by atoms with E-state index in [0.29, 0.717) is 61.4 Å². The lowest BCUT2D eigenvalue weighted by Crippen LogP contribution is -2.55. The molecule has 0 unspecified atom stereocenters. The van der Waals surface area contributed by atoms with Crippen LogP contribution >= 0.6 is 22.7 Å². The standard InChI is InChI=1S/C34H42N4O4S.C29H34N4O2S/c1-34(2,3)42-33(41)38-18-16-37(17-19-38)32(40)36-14-12-25(13-15-36)21-24-6-8-26(9-7-24)30(39)23-28-22-27(10-11-29(28)35)31-5-4-20-43-31;30-26-8-7-24(28-2-1-17-36-28)19-25(26)20-27(34)23-5-3-21(4-6-23)18-22-9-13-32(14-10-22)29(35)33-15-11-31-12-16-33/h4-11,20,22,25H,12-19,21,23,35H2,1-3H3;1-8,17,19,22,31H,9-16,18,20,30H2. The maximum absolute atomic E-state index is 13.1. The molecule has 6 heterocycles. The molecule has 14 nitrogen and oxygen atoms in total. The minimum Gasteiger partial charge on any atom is -0.444 e. The summed E-state index contributed by atoms with van der Waals surface area (Å²) in [7, 11) is 0. The van der Waals surface area contributed by atoms with E-state index in [9.17, 15) is 24.0 Å². The normalized spacial score (nSPS) is 16.5. The molecule has 0 bridgehead atoms. The van der Waals surface area contributed by atoms with Gasteiger partial charge in [-0.25, -0.2) is 14.4 Å². The van der Waals surface area contributed by atoms with Crippen LogP contribution < -0.4 is 16.8 Å². The van der Waals surface area contributed by atoms with Gasteiger partial charge in [-0.3, -0.25) is 9.59 Å². The number of ether oxygens (including phenoxy) is 1. The average molecular weight is 1110 g/mol. The van der Waals surface area contributed by atoms with Gasteiger partial charge in [-0.15, -0.1) is 22.7 Å². The summed E-state index contributed by atoms with van der Waals surface area (Å²) in [4.78, 5) is 76.1. The van der Waals surface area contributed by atoms with Gasteiger partial charge < -0.3 is 46.0 Å². The van der Waals surface area contributed by atoms with Crippen molar-refractivity contribution in [2.24, 2.45) is 11.8 Å². The van der Waals surface area contributed by atoms with Crippen LogP contribution in [0.5, 0.6) is 0 Å². The van der Waals surface area contributed by atoms with E-state index in [2.05, 4.69) is 47.1 Å². The van der Waals surface area contributed by atoms with Crippen molar-refractivity contribution in [3.05, 3.63) is 153 Å². The van der Waals surface area contributed by atoms with Crippen molar-refractivity contribution in [2.75, 3.05) is 90.0 Å². The Labute approximate surface area is 473 Å². The molecule has 2 aromatic heterocycles. The van der Waals surface area contributed by atoms with Gasteiger partial charge >= 0.3 is 18.2 Å². The lowest BCUT2D eigenvalue weighted by Gasteiger charge is -2.40. The number of rotatable bonds is 12. The molecule has 4 saturated heterocycles. The first-order chi connectivity index (χ1) is 38.1. The fourth-order valence-corrected chi connectivity index (χ4v) is 12.3. The number of nitrogen functional groups attached to an aromatic ring is 2. The minimum atomic E-state index is -0.527. The number of piperazine rings is 2. The summed E-state index contributed by atoms with van der Waals surface area (Å²) >= 11 is 3.35. The van der Waals surface area contributed by atoms with E-state index in [1.54, 1.807) is 27.6 Å². The van der Waals surface area contributed by atoms with E-state index in [1.807, 2.05) is 119 Å². The molecule has 16 heteroatoms. The lowest BCUT2D eigenvalue weighted by molar-refractivity contribution is 0.0153. The number of nitrogens with zero attached hydrogens (tertiary/aromatic N) is 5. The van der Waals surface area contributed by atoms with Gasteiger partial charge in [0.05, 0.1) is 0 Å². The Hall–Kier alpha value is -7.01. The number of amides is 5. The van der Waals surface area contributed by atoms with Crippen LogP contribution in [-0.2, 0) is 30.4 Å². The first-order valence-corrected chi connectivity index (χ1v) is 29.7. The number of likely N-dealkylation sites (tertiary alicyclic amines) is 2. The largest absolute Gasteiger partial charge is 0.444 e. The Kier molecular flexibility index (Phi) is 18.9. The fourth-order valence-electron chi connectivity index (χ4n) is 10.9. The Morgan fingerprint density at radius 2 is 0.911 bits per heavy atom. The van der Waals surface area contributed by atoms with Crippen LogP contribution in [0, 0.1) is 11.8 Å². The summed E-state index contributed by atoms with van der Waals surface area (Å²) < 4.78 is 5.46. The van der Waals surface area contributed by atoms with Crippen LogP contribution in [0.3, 0.4) is 0 Å². The Balaban J connectivity index is 0.000000195. The second kappa shape index (κ2) is 26.3. The second-order valence-corrected chi connectivity index (χ2v) is 24.3.